The number of anilines is 2. The summed E-state index contributed by atoms with van der Waals surface area (Å²) in [5, 5.41) is 25.7. The highest BCUT2D eigenvalue weighted by Gasteiger charge is 2.16. The first-order chi connectivity index (χ1) is 19.7. The van der Waals surface area contributed by atoms with Gasteiger partial charge in [-0.1, -0.05) is 114 Å². The summed E-state index contributed by atoms with van der Waals surface area (Å²) in [6.07, 6.45) is 0. The monoisotopic (exact) mass is 666 g/mol. The van der Waals surface area contributed by atoms with Crippen LogP contribution in [0, 0.1) is 0 Å². The van der Waals surface area contributed by atoms with E-state index in [9.17, 15) is 0 Å². The van der Waals surface area contributed by atoms with E-state index in [1.54, 1.807) is 45.0 Å². The number of rotatable bonds is 2. The van der Waals surface area contributed by atoms with E-state index in [-0.39, 0.29) is 16.3 Å². The van der Waals surface area contributed by atoms with Gasteiger partial charge in [0.2, 0.25) is 0 Å². The Balaban J connectivity index is 0.000000603. The number of halogens is 1. The van der Waals surface area contributed by atoms with Crippen molar-refractivity contribution in [1.82, 2.24) is 0 Å². The number of benzene rings is 4. The molecule has 4 rings (SSSR count). The Hall–Kier alpha value is -3.14. The molecule has 6 nitrogen and oxygen atoms in total. The van der Waals surface area contributed by atoms with E-state index < -0.39 is 12.7 Å². The van der Waals surface area contributed by atoms with Gasteiger partial charge in [0.05, 0.1) is 5.60 Å². The summed E-state index contributed by atoms with van der Waals surface area (Å²) in [7, 11) is -1.34. The second kappa shape index (κ2) is 18.0. The van der Waals surface area contributed by atoms with Gasteiger partial charge in [-0.25, -0.2) is 0 Å². The first-order valence-electron chi connectivity index (χ1n) is 14.3. The van der Waals surface area contributed by atoms with Crippen molar-refractivity contribution in [2.75, 3.05) is 11.5 Å². The molecule has 0 bridgehead atoms. The molecule has 0 aliphatic carbocycles. The molecule has 0 saturated heterocycles. The maximum absolute atomic E-state index is 8.58. The molecule has 0 saturated carbocycles. The van der Waals surface area contributed by atoms with Crippen molar-refractivity contribution in [2.45, 2.75) is 78.7 Å². The van der Waals surface area contributed by atoms with Gasteiger partial charge >= 0.3 is 7.12 Å². The minimum Gasteiger partial charge on any atom is -0.423 e. The number of nitrogens with two attached hydrogens (primary N) is 2. The first kappa shape index (κ1) is 40.9. The molecule has 4 aromatic rings. The third-order valence-electron chi connectivity index (χ3n) is 5.97. The molecule has 0 aliphatic rings. The molecule has 9 N–H and O–H groups in total. The molecule has 0 unspecified atom stereocenters. The highest BCUT2D eigenvalue weighted by molar-refractivity contribution is 9.10. The SMILES string of the molecule is CC(C)(C)O.CC(C)(C)c1ccc(N)c(-c2ccccc2)c1.CC(C)(C)c1ccc(N)c(Br)c1.O.OB(O)c1ccccc1. The molecule has 8 heteroatoms. The lowest BCUT2D eigenvalue weighted by Gasteiger charge is -2.20. The van der Waals surface area contributed by atoms with Crippen LogP contribution in [0.4, 0.5) is 11.4 Å². The lowest BCUT2D eigenvalue weighted by atomic mass is 9.81. The highest BCUT2D eigenvalue weighted by Crippen LogP contribution is 2.32. The van der Waals surface area contributed by atoms with E-state index in [2.05, 4.69) is 93.9 Å². The normalized spacial score (nSPS) is 10.8. The van der Waals surface area contributed by atoms with Crippen molar-refractivity contribution in [3.05, 3.63) is 113 Å². The van der Waals surface area contributed by atoms with Gasteiger partial charge in [-0.15, -0.1) is 0 Å². The fraction of sp³-hybridized carbons (Fsp3) is 0.333. The molecule has 4 aromatic carbocycles. The lowest BCUT2D eigenvalue weighted by molar-refractivity contribution is 0.102. The molecule has 0 radical (unpaired) electrons. The summed E-state index contributed by atoms with van der Waals surface area (Å²) in [5.74, 6) is 0. The number of aliphatic hydroxyl groups is 1. The minimum absolute atomic E-state index is 0. The maximum atomic E-state index is 8.58. The Kier molecular flexibility index (Phi) is 16.7. The second-order valence-corrected chi connectivity index (χ2v) is 14.2. The van der Waals surface area contributed by atoms with Crippen LogP contribution in [0.2, 0.25) is 0 Å². The predicted octanol–water partition coefficient (Wildman–Crippen LogP) is 6.88. The summed E-state index contributed by atoms with van der Waals surface area (Å²) in [6.45, 7) is 18.4. The molecule has 0 aromatic heterocycles. The summed E-state index contributed by atoms with van der Waals surface area (Å²) in [5.41, 5.74) is 18.7. The zero-order valence-electron chi connectivity index (χ0n) is 27.7. The van der Waals surface area contributed by atoms with Crippen LogP contribution in [-0.4, -0.2) is 33.4 Å². The number of hydrogen-bond donors (Lipinski definition) is 5. The molecule has 0 aliphatic heterocycles. The molecule has 44 heavy (non-hydrogen) atoms. The number of hydrogen-bond acceptors (Lipinski definition) is 5. The summed E-state index contributed by atoms with van der Waals surface area (Å²) < 4.78 is 0.981. The molecular weight excluding hydrogens is 615 g/mol. The molecule has 0 atom stereocenters. The average Bonchev–Trinajstić information content (AvgIpc) is 2.90. The van der Waals surface area contributed by atoms with Crippen LogP contribution < -0.4 is 16.9 Å². The van der Waals surface area contributed by atoms with Gasteiger partial charge in [-0.05, 0) is 93.9 Å². The Morgan fingerprint density at radius 3 is 1.34 bits per heavy atom. The topological polar surface area (TPSA) is 144 Å². The van der Waals surface area contributed by atoms with Crippen molar-refractivity contribution < 1.29 is 20.6 Å². The van der Waals surface area contributed by atoms with Crippen molar-refractivity contribution >= 4 is 39.9 Å². The van der Waals surface area contributed by atoms with E-state index in [0.29, 0.717) is 5.46 Å². The molecule has 0 spiro atoms. The Morgan fingerprint density at radius 1 is 0.591 bits per heavy atom. The lowest BCUT2D eigenvalue weighted by Crippen LogP contribution is -2.29. The van der Waals surface area contributed by atoms with Gasteiger partial charge in [0.1, 0.15) is 0 Å². The first-order valence-corrected chi connectivity index (χ1v) is 15.1. The fourth-order valence-corrected chi connectivity index (χ4v) is 3.89. The summed E-state index contributed by atoms with van der Waals surface area (Å²) in [6, 6.07) is 31.3. The van der Waals surface area contributed by atoms with Crippen molar-refractivity contribution in [1.29, 1.82) is 0 Å². The quantitative estimate of drug-likeness (QED) is 0.117. The number of nitrogen functional groups attached to an aromatic ring is 2. The van der Waals surface area contributed by atoms with Crippen LogP contribution in [0.5, 0.6) is 0 Å². The highest BCUT2D eigenvalue weighted by atomic mass is 79.9. The van der Waals surface area contributed by atoms with Crippen LogP contribution >= 0.6 is 15.9 Å². The van der Waals surface area contributed by atoms with Crippen molar-refractivity contribution in [3.8, 4) is 11.1 Å². The summed E-state index contributed by atoms with van der Waals surface area (Å²) >= 11 is 3.41. The molecule has 0 fully saturated rings. The molecule has 240 valence electrons. The summed E-state index contributed by atoms with van der Waals surface area (Å²) in [4.78, 5) is 0. The van der Waals surface area contributed by atoms with Crippen molar-refractivity contribution in [2.24, 2.45) is 0 Å². The third kappa shape index (κ3) is 16.1. The van der Waals surface area contributed by atoms with E-state index >= 15 is 0 Å². The third-order valence-corrected chi connectivity index (χ3v) is 6.66. The Labute approximate surface area is 273 Å². The molecular formula is C36H52BBrN2O4. The molecule has 0 amide bonds. The predicted molar refractivity (Wildman–Crippen MR) is 194 cm³/mol. The molecule has 0 heterocycles. The Bertz CT molecular complexity index is 1370. The zero-order valence-corrected chi connectivity index (χ0v) is 29.3. The largest absolute Gasteiger partial charge is 0.488 e. The van der Waals surface area contributed by atoms with E-state index in [1.807, 2.05) is 36.4 Å². The van der Waals surface area contributed by atoms with Gasteiger partial charge in [-0.2, -0.15) is 0 Å². The van der Waals surface area contributed by atoms with Crippen LogP contribution in [0.1, 0.15) is 73.4 Å². The van der Waals surface area contributed by atoms with Gasteiger partial charge in [-0.3, -0.25) is 0 Å². The fourth-order valence-electron chi connectivity index (χ4n) is 3.51. The zero-order chi connectivity index (χ0) is 33.0. The van der Waals surface area contributed by atoms with Crippen LogP contribution in [0.25, 0.3) is 11.1 Å². The standard InChI is InChI=1S/C16H19N.C10H14BrN.C6H7BO2.C4H10O.H2O/c1-16(2,3)13-9-10-15(17)14(11-13)12-7-5-4-6-8-12;1-10(2,3)7-4-5-9(12)8(11)6-7;8-7(9)6-4-2-1-3-5-6;1-4(2,3)5;/h4-11H,17H2,1-3H3;4-6H,12H2,1-3H3;1-5,8-9H;5H,1-3H3;1H2. The van der Waals surface area contributed by atoms with Gasteiger partial charge in [0, 0.05) is 21.4 Å². The second-order valence-electron chi connectivity index (χ2n) is 13.4. The van der Waals surface area contributed by atoms with E-state index in [0.717, 1.165) is 21.4 Å². The van der Waals surface area contributed by atoms with Gasteiger partial charge in [0.15, 0.2) is 0 Å². The van der Waals surface area contributed by atoms with Gasteiger partial charge in [0.25, 0.3) is 0 Å². The van der Waals surface area contributed by atoms with Crippen LogP contribution in [-0.2, 0) is 10.8 Å². The van der Waals surface area contributed by atoms with Crippen LogP contribution in [0.15, 0.2) is 102 Å². The van der Waals surface area contributed by atoms with Gasteiger partial charge < -0.3 is 32.1 Å². The smallest absolute Gasteiger partial charge is 0.423 e. The maximum Gasteiger partial charge on any atom is 0.488 e. The minimum atomic E-state index is -1.34. The van der Waals surface area contributed by atoms with Crippen LogP contribution in [0.3, 0.4) is 0 Å². The van der Waals surface area contributed by atoms with E-state index in [1.165, 1.54) is 16.7 Å². The van der Waals surface area contributed by atoms with Crippen molar-refractivity contribution in [3.63, 3.8) is 0 Å². The average molecular weight is 668 g/mol. The van der Waals surface area contributed by atoms with E-state index in [4.69, 9.17) is 26.6 Å². The Morgan fingerprint density at radius 2 is 0.977 bits per heavy atom.